The molecular formula is C11H11BrClNO2. The summed E-state index contributed by atoms with van der Waals surface area (Å²) in [7, 11) is 0. The van der Waals surface area contributed by atoms with Crippen molar-refractivity contribution in [3.8, 4) is 0 Å². The van der Waals surface area contributed by atoms with E-state index < -0.39 is 0 Å². The van der Waals surface area contributed by atoms with E-state index >= 15 is 0 Å². The summed E-state index contributed by atoms with van der Waals surface area (Å²) in [5, 5.41) is 3.29. The van der Waals surface area contributed by atoms with Crippen LogP contribution in [-0.4, -0.2) is 18.6 Å². The third kappa shape index (κ3) is 2.75. The Morgan fingerprint density at radius 3 is 3.06 bits per heavy atom. The Bertz CT molecular complexity index is 405. The number of hydrogen-bond donors (Lipinski definition) is 1. The molecule has 0 spiro atoms. The van der Waals surface area contributed by atoms with Crippen LogP contribution in [0.2, 0.25) is 5.02 Å². The van der Waals surface area contributed by atoms with Crippen molar-refractivity contribution in [3.63, 3.8) is 0 Å². The van der Waals surface area contributed by atoms with Gasteiger partial charge in [-0.2, -0.15) is 0 Å². The van der Waals surface area contributed by atoms with Gasteiger partial charge in [0.15, 0.2) is 0 Å². The van der Waals surface area contributed by atoms with Crippen LogP contribution in [0.25, 0.3) is 0 Å². The molecule has 1 saturated heterocycles. The third-order valence-electron chi connectivity index (χ3n) is 2.41. The molecule has 1 amide bonds. The lowest BCUT2D eigenvalue weighted by Gasteiger charge is -2.11. The van der Waals surface area contributed by atoms with Crippen molar-refractivity contribution < 1.29 is 9.53 Å². The molecule has 1 heterocycles. The number of carbonyl (C=O) groups is 1. The summed E-state index contributed by atoms with van der Waals surface area (Å²) in [5.41, 5.74) is 0.608. The first-order chi connectivity index (χ1) is 7.66. The lowest BCUT2D eigenvalue weighted by molar-refractivity contribution is -0.124. The third-order valence-corrected chi connectivity index (χ3v) is 3.23. The minimum atomic E-state index is -0.338. The maximum atomic E-state index is 11.8. The Kier molecular flexibility index (Phi) is 3.84. The second kappa shape index (κ2) is 5.17. The van der Waals surface area contributed by atoms with Crippen molar-refractivity contribution in [1.29, 1.82) is 0 Å². The molecule has 0 saturated carbocycles. The van der Waals surface area contributed by atoms with Crippen LogP contribution in [-0.2, 0) is 9.53 Å². The Labute approximate surface area is 107 Å². The summed E-state index contributed by atoms with van der Waals surface area (Å²) >= 11 is 9.30. The Hall–Kier alpha value is -0.580. The monoisotopic (exact) mass is 303 g/mol. The molecule has 86 valence electrons. The van der Waals surface area contributed by atoms with E-state index in [1.54, 1.807) is 12.1 Å². The molecule has 5 heteroatoms. The summed E-state index contributed by atoms with van der Waals surface area (Å²) in [4.78, 5) is 11.8. The van der Waals surface area contributed by atoms with Crippen LogP contribution in [0.5, 0.6) is 0 Å². The van der Waals surface area contributed by atoms with E-state index in [9.17, 15) is 4.79 Å². The molecule has 0 aliphatic carbocycles. The second-order valence-corrected chi connectivity index (χ2v) is 4.94. The van der Waals surface area contributed by atoms with Crippen molar-refractivity contribution in [2.45, 2.75) is 18.9 Å². The minimum Gasteiger partial charge on any atom is -0.368 e. The molecule has 16 heavy (non-hydrogen) atoms. The van der Waals surface area contributed by atoms with Gasteiger partial charge in [0, 0.05) is 11.1 Å². The van der Waals surface area contributed by atoms with Gasteiger partial charge in [-0.15, -0.1) is 0 Å². The Balaban J connectivity index is 2.07. The molecule has 0 bridgehead atoms. The minimum absolute atomic E-state index is 0.127. The number of rotatable bonds is 2. The average molecular weight is 305 g/mol. The fourth-order valence-corrected chi connectivity index (χ4v) is 2.12. The first-order valence-corrected chi connectivity index (χ1v) is 6.21. The molecule has 1 aromatic carbocycles. The quantitative estimate of drug-likeness (QED) is 0.911. The van der Waals surface area contributed by atoms with Gasteiger partial charge in [0.1, 0.15) is 6.10 Å². The van der Waals surface area contributed by atoms with Crippen molar-refractivity contribution in [1.82, 2.24) is 0 Å². The maximum absolute atomic E-state index is 11.8. The standard InChI is InChI=1S/C11H11BrClNO2/c12-7-3-4-8(13)9(6-7)14-11(15)10-2-1-5-16-10/h3-4,6,10H,1-2,5H2,(H,14,15). The van der Waals surface area contributed by atoms with Crippen LogP contribution >= 0.6 is 27.5 Å². The van der Waals surface area contributed by atoms with Crippen LogP contribution in [0.3, 0.4) is 0 Å². The highest BCUT2D eigenvalue weighted by molar-refractivity contribution is 9.10. The number of anilines is 1. The fourth-order valence-electron chi connectivity index (χ4n) is 1.59. The summed E-state index contributed by atoms with van der Waals surface area (Å²) < 4.78 is 6.16. The fraction of sp³-hybridized carbons (Fsp3) is 0.364. The van der Waals surface area contributed by atoms with Gasteiger partial charge in [0.25, 0.3) is 5.91 Å². The lowest BCUT2D eigenvalue weighted by Crippen LogP contribution is -2.26. The van der Waals surface area contributed by atoms with Crippen LogP contribution in [0, 0.1) is 0 Å². The smallest absolute Gasteiger partial charge is 0.253 e. The van der Waals surface area contributed by atoms with E-state index in [-0.39, 0.29) is 12.0 Å². The normalized spacial score (nSPS) is 19.8. The van der Waals surface area contributed by atoms with Crippen LogP contribution in [0.15, 0.2) is 22.7 Å². The number of carbonyl (C=O) groups excluding carboxylic acids is 1. The van der Waals surface area contributed by atoms with Crippen molar-refractivity contribution in [3.05, 3.63) is 27.7 Å². The molecule has 1 N–H and O–H groups in total. The van der Waals surface area contributed by atoms with Gasteiger partial charge < -0.3 is 10.1 Å². The van der Waals surface area contributed by atoms with E-state index in [4.69, 9.17) is 16.3 Å². The summed E-state index contributed by atoms with van der Waals surface area (Å²) in [5.74, 6) is -0.127. The maximum Gasteiger partial charge on any atom is 0.253 e. The molecule has 1 aliphatic heterocycles. The highest BCUT2D eigenvalue weighted by Crippen LogP contribution is 2.26. The molecule has 0 radical (unpaired) electrons. The molecule has 1 aliphatic rings. The average Bonchev–Trinajstić information content (AvgIpc) is 2.76. The molecular weight excluding hydrogens is 293 g/mol. The summed E-state index contributed by atoms with van der Waals surface area (Å²) in [6.45, 7) is 0.657. The number of halogens is 2. The predicted octanol–water partition coefficient (Wildman–Crippen LogP) is 3.22. The zero-order valence-electron chi connectivity index (χ0n) is 8.50. The Morgan fingerprint density at radius 2 is 2.38 bits per heavy atom. The largest absolute Gasteiger partial charge is 0.368 e. The Morgan fingerprint density at radius 1 is 1.56 bits per heavy atom. The molecule has 1 aromatic rings. The summed E-state index contributed by atoms with van der Waals surface area (Å²) in [6, 6.07) is 5.33. The SMILES string of the molecule is O=C(Nc1cc(Br)ccc1Cl)C1CCCO1. The number of amides is 1. The zero-order chi connectivity index (χ0) is 11.5. The van der Waals surface area contributed by atoms with E-state index in [0.29, 0.717) is 17.3 Å². The van der Waals surface area contributed by atoms with Gasteiger partial charge in [0.05, 0.1) is 10.7 Å². The molecule has 2 rings (SSSR count). The molecule has 1 unspecified atom stereocenters. The molecule has 1 fully saturated rings. The summed E-state index contributed by atoms with van der Waals surface area (Å²) in [6.07, 6.45) is 1.37. The molecule has 0 aromatic heterocycles. The molecule has 1 atom stereocenters. The number of nitrogens with one attached hydrogen (secondary N) is 1. The predicted molar refractivity (Wildman–Crippen MR) is 66.8 cm³/mol. The van der Waals surface area contributed by atoms with E-state index in [1.807, 2.05) is 6.07 Å². The van der Waals surface area contributed by atoms with E-state index in [0.717, 1.165) is 17.3 Å². The van der Waals surface area contributed by atoms with Crippen LogP contribution in [0.1, 0.15) is 12.8 Å². The van der Waals surface area contributed by atoms with Gasteiger partial charge in [-0.25, -0.2) is 0 Å². The second-order valence-electron chi connectivity index (χ2n) is 3.62. The van der Waals surface area contributed by atoms with Crippen molar-refractivity contribution in [2.24, 2.45) is 0 Å². The van der Waals surface area contributed by atoms with Gasteiger partial charge in [-0.1, -0.05) is 27.5 Å². The van der Waals surface area contributed by atoms with Gasteiger partial charge in [-0.05, 0) is 31.0 Å². The highest BCUT2D eigenvalue weighted by Gasteiger charge is 2.23. The van der Waals surface area contributed by atoms with E-state index in [2.05, 4.69) is 21.2 Å². The topological polar surface area (TPSA) is 38.3 Å². The van der Waals surface area contributed by atoms with Crippen molar-refractivity contribution in [2.75, 3.05) is 11.9 Å². The van der Waals surface area contributed by atoms with Crippen LogP contribution < -0.4 is 5.32 Å². The zero-order valence-corrected chi connectivity index (χ0v) is 10.8. The first-order valence-electron chi connectivity index (χ1n) is 5.04. The van der Waals surface area contributed by atoms with Gasteiger partial charge >= 0.3 is 0 Å². The highest BCUT2D eigenvalue weighted by atomic mass is 79.9. The van der Waals surface area contributed by atoms with Crippen LogP contribution in [0.4, 0.5) is 5.69 Å². The number of hydrogen-bond acceptors (Lipinski definition) is 2. The number of benzene rings is 1. The lowest BCUT2D eigenvalue weighted by atomic mass is 10.2. The van der Waals surface area contributed by atoms with Gasteiger partial charge in [-0.3, -0.25) is 4.79 Å². The number of ether oxygens (including phenoxy) is 1. The first kappa shape index (κ1) is 11.9. The molecule has 3 nitrogen and oxygen atoms in total. The van der Waals surface area contributed by atoms with E-state index in [1.165, 1.54) is 0 Å². The van der Waals surface area contributed by atoms with Gasteiger partial charge in [0.2, 0.25) is 0 Å². The van der Waals surface area contributed by atoms with Crippen molar-refractivity contribution >= 4 is 39.1 Å².